The Bertz CT molecular complexity index is 471. The highest BCUT2D eigenvalue weighted by atomic mass is 16.2. The summed E-state index contributed by atoms with van der Waals surface area (Å²) in [5.41, 5.74) is 0. The number of piperazine rings is 1. The van der Waals surface area contributed by atoms with Crippen LogP contribution in [-0.4, -0.2) is 91.1 Å². The van der Waals surface area contributed by atoms with Gasteiger partial charge in [-0.2, -0.15) is 0 Å². The molecule has 3 aliphatic rings. The smallest absolute Gasteiger partial charge is 0.320 e. The molecule has 5 heteroatoms. The van der Waals surface area contributed by atoms with Crippen molar-refractivity contribution in [2.24, 2.45) is 23.7 Å². The predicted molar refractivity (Wildman–Crippen MR) is 117 cm³/mol. The van der Waals surface area contributed by atoms with Crippen LogP contribution in [0.2, 0.25) is 0 Å². The largest absolute Gasteiger partial charge is 0.325 e. The van der Waals surface area contributed by atoms with Gasteiger partial charge in [0, 0.05) is 52.4 Å². The number of nitrogens with zero attached hydrogens (tertiary/aromatic N) is 4. The van der Waals surface area contributed by atoms with E-state index in [0.29, 0.717) is 0 Å². The van der Waals surface area contributed by atoms with Gasteiger partial charge < -0.3 is 14.7 Å². The molecule has 0 unspecified atom stereocenters. The topological polar surface area (TPSA) is 30.0 Å². The number of amides is 2. The Morgan fingerprint density at radius 1 is 0.643 bits per heavy atom. The van der Waals surface area contributed by atoms with E-state index in [9.17, 15) is 4.79 Å². The summed E-state index contributed by atoms with van der Waals surface area (Å²) in [7, 11) is 0. The van der Waals surface area contributed by atoms with Gasteiger partial charge in [0.25, 0.3) is 0 Å². The van der Waals surface area contributed by atoms with Crippen molar-refractivity contribution in [1.82, 2.24) is 19.6 Å². The number of hydrogen-bond acceptors (Lipinski definition) is 3. The Balaban J connectivity index is 1.32. The molecule has 0 saturated carbocycles. The molecule has 28 heavy (non-hydrogen) atoms. The first-order chi connectivity index (χ1) is 13.4. The molecule has 0 aliphatic carbocycles. The lowest BCUT2D eigenvalue weighted by molar-refractivity contribution is 0.0871. The molecule has 0 aromatic carbocycles. The van der Waals surface area contributed by atoms with Gasteiger partial charge in [-0.05, 0) is 62.4 Å². The first-order valence-electron chi connectivity index (χ1n) is 11.9. The van der Waals surface area contributed by atoms with Crippen LogP contribution in [0.1, 0.15) is 53.4 Å². The monoisotopic (exact) mass is 392 g/mol. The molecule has 0 radical (unpaired) electrons. The summed E-state index contributed by atoms with van der Waals surface area (Å²) in [5.74, 6) is 3.31. The van der Waals surface area contributed by atoms with Gasteiger partial charge in [-0.3, -0.25) is 4.90 Å². The van der Waals surface area contributed by atoms with Crippen LogP contribution in [0.3, 0.4) is 0 Å². The Labute approximate surface area is 173 Å². The van der Waals surface area contributed by atoms with Gasteiger partial charge in [-0.1, -0.05) is 27.7 Å². The van der Waals surface area contributed by atoms with Crippen LogP contribution >= 0.6 is 0 Å². The highest BCUT2D eigenvalue weighted by Gasteiger charge is 2.29. The number of carbonyl (C=O) groups is 1. The van der Waals surface area contributed by atoms with Crippen molar-refractivity contribution >= 4 is 6.03 Å². The Morgan fingerprint density at radius 2 is 1.04 bits per heavy atom. The van der Waals surface area contributed by atoms with E-state index in [1.807, 2.05) is 0 Å². The maximum absolute atomic E-state index is 12.9. The van der Waals surface area contributed by atoms with Crippen molar-refractivity contribution < 1.29 is 4.79 Å². The van der Waals surface area contributed by atoms with E-state index in [0.717, 1.165) is 69.5 Å². The molecule has 0 N–H and O–H groups in total. The van der Waals surface area contributed by atoms with Crippen LogP contribution < -0.4 is 0 Å². The van der Waals surface area contributed by atoms with Gasteiger partial charge in [0.2, 0.25) is 0 Å². The van der Waals surface area contributed by atoms with Gasteiger partial charge in [0.1, 0.15) is 0 Å². The second-order valence-electron chi connectivity index (χ2n) is 10.1. The van der Waals surface area contributed by atoms with Crippen molar-refractivity contribution in [2.75, 3.05) is 65.4 Å². The van der Waals surface area contributed by atoms with E-state index in [1.54, 1.807) is 0 Å². The maximum atomic E-state index is 12.9. The minimum atomic E-state index is 0.289. The highest BCUT2D eigenvalue weighted by Crippen LogP contribution is 2.26. The van der Waals surface area contributed by atoms with Crippen LogP contribution in [0.15, 0.2) is 0 Å². The van der Waals surface area contributed by atoms with E-state index in [2.05, 4.69) is 47.3 Å². The standard InChI is InChI=1S/C23H44N4O/c1-19(2)21-5-9-24(10-6-21)13-14-25-15-17-27(18-16-25)23(28)26-11-7-22(8-12-26)20(3)4/h19-22H,5-18H2,1-4H3. The molecule has 2 amide bonds. The lowest BCUT2D eigenvalue weighted by atomic mass is 9.87. The summed E-state index contributed by atoms with van der Waals surface area (Å²) in [5, 5.41) is 0. The van der Waals surface area contributed by atoms with Crippen LogP contribution in [0.25, 0.3) is 0 Å². The van der Waals surface area contributed by atoms with Crippen LogP contribution in [0.5, 0.6) is 0 Å². The average molecular weight is 393 g/mol. The van der Waals surface area contributed by atoms with E-state index >= 15 is 0 Å². The molecule has 0 aromatic heterocycles. The molecule has 0 aromatic rings. The number of rotatable bonds is 5. The molecule has 0 atom stereocenters. The number of urea groups is 1. The van der Waals surface area contributed by atoms with Gasteiger partial charge in [0.15, 0.2) is 0 Å². The van der Waals surface area contributed by atoms with Crippen LogP contribution in [-0.2, 0) is 0 Å². The molecule has 0 spiro atoms. The Morgan fingerprint density at radius 3 is 1.50 bits per heavy atom. The zero-order chi connectivity index (χ0) is 20.1. The molecular weight excluding hydrogens is 348 g/mol. The summed E-state index contributed by atoms with van der Waals surface area (Å²) in [6, 6.07) is 0.289. The maximum Gasteiger partial charge on any atom is 0.320 e. The Kier molecular flexibility index (Phi) is 8.04. The van der Waals surface area contributed by atoms with Crippen LogP contribution in [0, 0.1) is 23.7 Å². The Hall–Kier alpha value is -0.810. The van der Waals surface area contributed by atoms with Crippen LogP contribution in [0.4, 0.5) is 4.79 Å². The first kappa shape index (κ1) is 21.9. The summed E-state index contributed by atoms with van der Waals surface area (Å²) < 4.78 is 0. The third kappa shape index (κ3) is 5.85. The van der Waals surface area contributed by atoms with Gasteiger partial charge >= 0.3 is 6.03 Å². The highest BCUT2D eigenvalue weighted by molar-refractivity contribution is 5.74. The second-order valence-corrected chi connectivity index (χ2v) is 10.1. The average Bonchev–Trinajstić information content (AvgIpc) is 2.72. The van der Waals surface area contributed by atoms with Crippen molar-refractivity contribution in [1.29, 1.82) is 0 Å². The number of carbonyl (C=O) groups excluding carboxylic acids is 1. The minimum absolute atomic E-state index is 0.289. The van der Waals surface area contributed by atoms with Gasteiger partial charge in [-0.25, -0.2) is 4.79 Å². The molecule has 3 heterocycles. The predicted octanol–water partition coefficient (Wildman–Crippen LogP) is 3.46. The normalized spacial score (nSPS) is 24.5. The lowest BCUT2D eigenvalue weighted by Crippen LogP contribution is -2.55. The van der Waals surface area contributed by atoms with Gasteiger partial charge in [-0.15, -0.1) is 0 Å². The third-order valence-corrected chi connectivity index (χ3v) is 7.70. The molecule has 3 aliphatic heterocycles. The third-order valence-electron chi connectivity index (χ3n) is 7.70. The molecule has 3 rings (SSSR count). The quantitative estimate of drug-likeness (QED) is 0.718. The zero-order valence-electron chi connectivity index (χ0n) is 18.9. The fourth-order valence-corrected chi connectivity index (χ4v) is 5.25. The van der Waals surface area contributed by atoms with Crippen molar-refractivity contribution in [3.8, 4) is 0 Å². The van der Waals surface area contributed by atoms with Gasteiger partial charge in [0.05, 0.1) is 0 Å². The summed E-state index contributed by atoms with van der Waals surface area (Å²) in [6.07, 6.45) is 5.09. The number of likely N-dealkylation sites (tertiary alicyclic amines) is 2. The molecule has 5 nitrogen and oxygen atoms in total. The zero-order valence-corrected chi connectivity index (χ0v) is 18.9. The molecule has 3 saturated heterocycles. The molecular formula is C23H44N4O. The molecule has 3 fully saturated rings. The fourth-order valence-electron chi connectivity index (χ4n) is 5.25. The second kappa shape index (κ2) is 10.3. The van der Waals surface area contributed by atoms with Crippen molar-refractivity contribution in [3.63, 3.8) is 0 Å². The van der Waals surface area contributed by atoms with E-state index in [1.165, 1.54) is 45.3 Å². The lowest BCUT2D eigenvalue weighted by Gasteiger charge is -2.41. The van der Waals surface area contributed by atoms with Crippen molar-refractivity contribution in [3.05, 3.63) is 0 Å². The summed E-state index contributed by atoms with van der Waals surface area (Å²) in [4.78, 5) is 22.3. The fraction of sp³-hybridized carbons (Fsp3) is 0.957. The van der Waals surface area contributed by atoms with E-state index in [-0.39, 0.29) is 6.03 Å². The molecule has 0 bridgehead atoms. The van der Waals surface area contributed by atoms with E-state index in [4.69, 9.17) is 0 Å². The SMILES string of the molecule is CC(C)C1CCN(CCN2CCN(C(=O)N3CCC(C(C)C)CC3)CC2)CC1. The number of hydrogen-bond donors (Lipinski definition) is 0. The van der Waals surface area contributed by atoms with Crippen molar-refractivity contribution in [2.45, 2.75) is 53.4 Å². The molecule has 162 valence electrons. The van der Waals surface area contributed by atoms with E-state index < -0.39 is 0 Å². The number of piperidine rings is 2. The minimum Gasteiger partial charge on any atom is -0.325 e. The summed E-state index contributed by atoms with van der Waals surface area (Å²) in [6.45, 7) is 20.0. The first-order valence-corrected chi connectivity index (χ1v) is 11.9. The summed E-state index contributed by atoms with van der Waals surface area (Å²) >= 11 is 0.